The van der Waals surface area contributed by atoms with Gasteiger partial charge >= 0.3 is 0 Å². The number of rotatable bonds is 3. The van der Waals surface area contributed by atoms with Crippen LogP contribution in [0.4, 0.5) is 0 Å². The first-order valence-electron chi connectivity index (χ1n) is 3.77. The minimum absolute atomic E-state index is 0.546. The van der Waals surface area contributed by atoms with E-state index in [1.165, 1.54) is 0 Å². The van der Waals surface area contributed by atoms with E-state index in [0.717, 1.165) is 5.56 Å². The summed E-state index contributed by atoms with van der Waals surface area (Å²) in [4.78, 5) is 0.546. The monoisotopic (exact) mass is 213 g/mol. The summed E-state index contributed by atoms with van der Waals surface area (Å²) in [6.07, 6.45) is 2.38. The zero-order valence-electron chi connectivity index (χ0n) is 7.10. The zero-order chi connectivity index (χ0) is 9.90. The summed E-state index contributed by atoms with van der Waals surface area (Å²) >= 11 is 4.72. The third-order valence-corrected chi connectivity index (χ3v) is 3.19. The quantitative estimate of drug-likeness (QED) is 0.771. The Morgan fingerprint density at radius 1 is 1.54 bits per heavy atom. The molecule has 0 spiro atoms. The first kappa shape index (κ1) is 10.4. The molecule has 0 saturated carbocycles. The Hall–Kier alpha value is -0.710. The van der Waals surface area contributed by atoms with Gasteiger partial charge in [-0.3, -0.25) is 0 Å². The summed E-state index contributed by atoms with van der Waals surface area (Å²) in [5.41, 5.74) is 0.889. The second-order valence-corrected chi connectivity index (χ2v) is 5.66. The van der Waals surface area contributed by atoms with E-state index >= 15 is 0 Å². The molecule has 0 amide bonds. The number of benzene rings is 1. The molecule has 0 aliphatic heterocycles. The highest BCUT2D eigenvalue weighted by Gasteiger charge is 2.07. The van der Waals surface area contributed by atoms with E-state index in [9.17, 15) is 4.21 Å². The van der Waals surface area contributed by atoms with Crippen LogP contribution >= 0.6 is 0 Å². The molecule has 0 radical (unpaired) electrons. The van der Waals surface area contributed by atoms with E-state index in [0.29, 0.717) is 11.3 Å². The Labute approximate surface area is 83.3 Å². The van der Waals surface area contributed by atoms with Crippen LogP contribution in [0, 0.1) is 0 Å². The summed E-state index contributed by atoms with van der Waals surface area (Å²) < 4.78 is 11.4. The first-order valence-corrected chi connectivity index (χ1v) is 6.32. The maximum Gasteiger partial charge on any atom is 0.116 e. The second-order valence-electron chi connectivity index (χ2n) is 2.65. The lowest BCUT2D eigenvalue weighted by Gasteiger charge is -2.06. The van der Waals surface area contributed by atoms with Gasteiger partial charge in [-0.05, 0) is 18.1 Å². The fourth-order valence-corrected chi connectivity index (χ4v) is 2.38. The van der Waals surface area contributed by atoms with Crippen molar-refractivity contribution < 1.29 is 4.21 Å². The lowest BCUT2D eigenvalue weighted by atomic mass is 10.1. The molecule has 1 aromatic carbocycles. The van der Waals surface area contributed by atoms with E-state index in [4.69, 9.17) is 16.3 Å². The van der Waals surface area contributed by atoms with Gasteiger partial charge < -0.3 is 0 Å². The summed E-state index contributed by atoms with van der Waals surface area (Å²) in [6, 6.07) is 7.20. The lowest BCUT2D eigenvalue weighted by molar-refractivity contribution is 0.682. The molecule has 0 bridgehead atoms. The largest absolute Gasteiger partial charge is 0.247 e. The minimum atomic E-state index is -2.77. The van der Waals surface area contributed by atoms with Gasteiger partial charge in [0.15, 0.2) is 0 Å². The standard InChI is InChI=1S/C9H11NOS2/c1-2-5-8-6-3-4-7-9(8)13(10,11)12/h2-4,6-7H,1,5H2,(H2,10,11,12). The lowest BCUT2D eigenvalue weighted by Crippen LogP contribution is -2.12. The molecule has 2 nitrogen and oxygen atoms in total. The molecule has 70 valence electrons. The molecule has 1 atom stereocenters. The average molecular weight is 213 g/mol. The average Bonchev–Trinajstić information content (AvgIpc) is 2.04. The molecule has 0 fully saturated rings. The van der Waals surface area contributed by atoms with Crippen molar-refractivity contribution in [3.63, 3.8) is 0 Å². The van der Waals surface area contributed by atoms with Crippen molar-refractivity contribution in [2.45, 2.75) is 11.3 Å². The van der Waals surface area contributed by atoms with Crippen molar-refractivity contribution in [2.75, 3.05) is 0 Å². The Bertz CT molecular complexity index is 409. The Balaban J connectivity index is 3.28. The van der Waals surface area contributed by atoms with Gasteiger partial charge in [-0.25, -0.2) is 9.35 Å². The fourth-order valence-electron chi connectivity index (χ4n) is 1.11. The Kier molecular flexibility index (Phi) is 3.19. The SMILES string of the molecule is C=CCc1ccccc1S(N)(=O)=S. The van der Waals surface area contributed by atoms with Crippen molar-refractivity contribution in [3.8, 4) is 0 Å². The molecule has 0 aliphatic rings. The fraction of sp³-hybridized carbons (Fsp3) is 0.111. The maximum atomic E-state index is 11.4. The van der Waals surface area contributed by atoms with Crippen molar-refractivity contribution in [2.24, 2.45) is 5.14 Å². The molecule has 4 heteroatoms. The third-order valence-electron chi connectivity index (χ3n) is 1.64. The van der Waals surface area contributed by atoms with E-state index in [2.05, 4.69) is 6.58 Å². The van der Waals surface area contributed by atoms with Crippen LogP contribution in [0.2, 0.25) is 0 Å². The molecule has 13 heavy (non-hydrogen) atoms. The summed E-state index contributed by atoms with van der Waals surface area (Å²) in [7, 11) is -2.77. The molecule has 2 N–H and O–H groups in total. The minimum Gasteiger partial charge on any atom is -0.247 e. The predicted octanol–water partition coefficient (Wildman–Crippen LogP) is 1.39. The molecule has 0 aliphatic carbocycles. The van der Waals surface area contributed by atoms with Crippen LogP contribution in [0.25, 0.3) is 0 Å². The van der Waals surface area contributed by atoms with E-state index in [1.54, 1.807) is 18.2 Å². The Morgan fingerprint density at radius 2 is 2.15 bits per heavy atom. The molecule has 0 saturated heterocycles. The smallest absolute Gasteiger partial charge is 0.116 e. The molecule has 0 heterocycles. The van der Waals surface area contributed by atoms with Gasteiger partial charge in [0.05, 0.1) is 4.90 Å². The van der Waals surface area contributed by atoms with Crippen LogP contribution in [0.1, 0.15) is 5.56 Å². The van der Waals surface area contributed by atoms with Gasteiger partial charge in [-0.1, -0.05) is 24.3 Å². The van der Waals surface area contributed by atoms with Crippen LogP contribution in [0.5, 0.6) is 0 Å². The highest BCUT2D eigenvalue weighted by molar-refractivity contribution is 8.31. The van der Waals surface area contributed by atoms with Crippen molar-refractivity contribution >= 4 is 19.9 Å². The van der Waals surface area contributed by atoms with Crippen LogP contribution in [-0.4, -0.2) is 4.21 Å². The van der Waals surface area contributed by atoms with Gasteiger partial charge in [0.1, 0.15) is 8.68 Å². The van der Waals surface area contributed by atoms with Gasteiger partial charge in [-0.2, -0.15) is 0 Å². The van der Waals surface area contributed by atoms with E-state index < -0.39 is 8.68 Å². The molecular formula is C9H11NOS2. The number of hydrogen-bond donors (Lipinski definition) is 1. The van der Waals surface area contributed by atoms with Crippen LogP contribution in [-0.2, 0) is 26.3 Å². The zero-order valence-corrected chi connectivity index (χ0v) is 8.74. The molecule has 1 rings (SSSR count). The van der Waals surface area contributed by atoms with Crippen LogP contribution < -0.4 is 5.14 Å². The topological polar surface area (TPSA) is 43.1 Å². The second kappa shape index (κ2) is 4.00. The molecule has 1 unspecified atom stereocenters. The van der Waals surface area contributed by atoms with Crippen molar-refractivity contribution in [1.82, 2.24) is 0 Å². The highest BCUT2D eigenvalue weighted by Crippen LogP contribution is 2.14. The van der Waals surface area contributed by atoms with Crippen molar-refractivity contribution in [3.05, 3.63) is 42.5 Å². The number of nitrogens with two attached hydrogens (primary N) is 1. The van der Waals surface area contributed by atoms with Crippen LogP contribution in [0.15, 0.2) is 41.8 Å². The van der Waals surface area contributed by atoms with Gasteiger partial charge in [0.2, 0.25) is 0 Å². The first-order chi connectivity index (χ1) is 6.05. The van der Waals surface area contributed by atoms with E-state index in [-0.39, 0.29) is 0 Å². The van der Waals surface area contributed by atoms with E-state index in [1.807, 2.05) is 12.1 Å². The predicted molar refractivity (Wildman–Crippen MR) is 58.3 cm³/mol. The molecule has 0 aromatic heterocycles. The maximum absolute atomic E-state index is 11.4. The summed E-state index contributed by atoms with van der Waals surface area (Å²) in [6.45, 7) is 3.61. The number of allylic oxidation sites excluding steroid dienone is 1. The van der Waals surface area contributed by atoms with Crippen LogP contribution in [0.3, 0.4) is 0 Å². The number of hydrogen-bond acceptors (Lipinski definition) is 2. The van der Waals surface area contributed by atoms with Gasteiger partial charge in [-0.15, -0.1) is 6.58 Å². The normalized spacial score (nSPS) is 14.8. The molecule has 1 aromatic rings. The summed E-state index contributed by atoms with van der Waals surface area (Å²) in [5.74, 6) is 0. The molecular weight excluding hydrogens is 202 g/mol. The highest BCUT2D eigenvalue weighted by atomic mass is 32.8. The van der Waals surface area contributed by atoms with Gasteiger partial charge in [0.25, 0.3) is 0 Å². The summed E-state index contributed by atoms with van der Waals surface area (Å²) in [5, 5.41) is 5.40. The van der Waals surface area contributed by atoms with Gasteiger partial charge in [0, 0.05) is 11.2 Å². The Morgan fingerprint density at radius 3 is 2.69 bits per heavy atom. The third kappa shape index (κ3) is 2.62. The van der Waals surface area contributed by atoms with Crippen molar-refractivity contribution in [1.29, 1.82) is 0 Å².